The summed E-state index contributed by atoms with van der Waals surface area (Å²) in [6, 6.07) is 8.74. The van der Waals surface area contributed by atoms with E-state index in [0.29, 0.717) is 27.8 Å². The number of H-pyrrole nitrogens is 1. The van der Waals surface area contributed by atoms with Gasteiger partial charge < -0.3 is 70.8 Å². The minimum atomic E-state index is -1.87. The number of aliphatic hydroxyl groups excluding tert-OH is 2. The molecule has 2 aromatic carbocycles. The van der Waals surface area contributed by atoms with E-state index in [-0.39, 0.29) is 40.4 Å². The molecule has 3 heterocycles. The number of aromatic carboxylic acids is 1. The number of aromatic nitrogens is 3. The molecule has 2 aliphatic heterocycles. The van der Waals surface area contributed by atoms with Crippen LogP contribution in [0.3, 0.4) is 0 Å². The predicted molar refractivity (Wildman–Crippen MR) is 234 cm³/mol. The van der Waals surface area contributed by atoms with Crippen LogP contribution in [0.25, 0.3) is 33.4 Å². The lowest BCUT2D eigenvalue weighted by Crippen LogP contribution is -2.66. The zero-order chi connectivity index (χ0) is 49.6. The molecule has 4 amide bonds. The molecule has 0 spiro atoms. The van der Waals surface area contributed by atoms with E-state index in [1.54, 1.807) is 18.2 Å². The number of benzene rings is 3. The number of nitrogens with zero attached hydrogens (tertiary/aromatic N) is 2. The number of methoxy groups -OCH3 is 1. The van der Waals surface area contributed by atoms with E-state index in [1.807, 2.05) is 0 Å². The summed E-state index contributed by atoms with van der Waals surface area (Å²) < 4.78 is 28.3. The molecule has 3 aromatic rings. The van der Waals surface area contributed by atoms with Gasteiger partial charge in [-0.25, -0.2) is 9.59 Å². The Kier molecular flexibility index (Phi) is 15.3. The van der Waals surface area contributed by atoms with Crippen molar-refractivity contribution < 1.29 is 72.6 Å². The van der Waals surface area contributed by atoms with Gasteiger partial charge in [-0.15, -0.1) is 4.98 Å². The van der Waals surface area contributed by atoms with Crippen LogP contribution in [-0.2, 0) is 33.4 Å². The molecular formula is C43H46N8O17. The number of rotatable bonds is 19. The van der Waals surface area contributed by atoms with Crippen molar-refractivity contribution in [2.45, 2.75) is 82.4 Å². The van der Waals surface area contributed by atoms with Gasteiger partial charge in [0, 0.05) is 47.7 Å². The van der Waals surface area contributed by atoms with Gasteiger partial charge >= 0.3 is 23.6 Å². The van der Waals surface area contributed by atoms with Crippen molar-refractivity contribution in [1.29, 1.82) is 0 Å². The summed E-state index contributed by atoms with van der Waals surface area (Å²) in [5.74, 6) is -5.64. The zero-order valence-corrected chi connectivity index (χ0v) is 36.5. The molecule has 360 valence electrons. The van der Waals surface area contributed by atoms with E-state index in [2.05, 4.69) is 36.2 Å². The minimum absolute atomic E-state index is 0.140. The van der Waals surface area contributed by atoms with E-state index >= 15 is 0 Å². The number of nitrogens with one attached hydrogen (secondary N) is 5. The normalized spacial score (nSPS) is 19.2. The molecule has 3 aliphatic rings. The second kappa shape index (κ2) is 21.1. The van der Waals surface area contributed by atoms with Crippen molar-refractivity contribution in [2.24, 2.45) is 5.73 Å². The SMILES string of the molecule is COc1ccc2c(-c3ccc(Nc4nc(OCC5OC(O)C(NC(C)=O)C(O[C@H](C)C(=O)N[C@@H](C)C(=O)N[C@H](CCC(=O)O)C(N)=O)C5O)nc(=O)[nH]4)cc3C(=O)O)c3ccc(=O)cc-3oc2c1. The molecule has 25 heteroatoms. The molecule has 25 nitrogen and oxygen atoms in total. The standard InChI is InChI=1S/C43H46N8O17/c1-17(37(58)48-27(36(44)57)11-12-31(54)55)45-38(59)18(2)66-35-33(46-19(3)52)40(62)68-30(34(35)56)16-65-43-50-41(49-42(63)51-43)47-20-5-8-23(26(13-20)39(60)61)32-24-9-6-21(53)14-28(24)67-29-15-22(64-4)7-10-25(29)32/h5-10,13-15,17-18,27,30,33-35,40,56,62H,11-12,16H2,1-4H3,(H2,44,57)(H,45,59)(H,46,52)(H,48,58)(H,54,55)(H,60,61)(H2,47,49,50,51,63)/t17-,18+,27+,30?,33?,34?,35?,40?/m0/s1. The maximum Gasteiger partial charge on any atom is 0.352 e. The maximum atomic E-state index is 13.2. The number of carboxylic acid groups (broad SMARTS) is 2. The number of amides is 4. The molecule has 1 aliphatic carbocycles. The van der Waals surface area contributed by atoms with Gasteiger partial charge in [0.15, 0.2) is 11.7 Å². The van der Waals surface area contributed by atoms with Gasteiger partial charge in [-0.05, 0) is 62.2 Å². The largest absolute Gasteiger partial charge is 0.497 e. The second-order valence-corrected chi connectivity index (χ2v) is 15.4. The third-order valence-electron chi connectivity index (χ3n) is 10.5. The fourth-order valence-electron chi connectivity index (χ4n) is 7.23. The summed E-state index contributed by atoms with van der Waals surface area (Å²) in [5, 5.41) is 52.0. The molecule has 1 aromatic heterocycles. The Morgan fingerprint density at radius 1 is 0.926 bits per heavy atom. The average molecular weight is 947 g/mol. The smallest absolute Gasteiger partial charge is 0.352 e. The fraction of sp³-hybridized carbons (Fsp3) is 0.349. The predicted octanol–water partition coefficient (Wildman–Crippen LogP) is -0.432. The minimum Gasteiger partial charge on any atom is -0.497 e. The summed E-state index contributed by atoms with van der Waals surface area (Å²) in [5.41, 5.74) is 5.40. The van der Waals surface area contributed by atoms with Gasteiger partial charge in [-0.2, -0.15) is 4.98 Å². The summed E-state index contributed by atoms with van der Waals surface area (Å²) in [6.45, 7) is 2.94. The number of aliphatic hydroxyl groups is 2. The van der Waals surface area contributed by atoms with E-state index in [9.17, 15) is 53.7 Å². The van der Waals surface area contributed by atoms with Crippen LogP contribution in [0, 0.1) is 0 Å². The lowest BCUT2D eigenvalue weighted by Gasteiger charge is -2.43. The van der Waals surface area contributed by atoms with Crippen LogP contribution in [0.2, 0.25) is 0 Å². The molecule has 0 radical (unpaired) electrons. The summed E-state index contributed by atoms with van der Waals surface area (Å²) in [6.07, 6.45) is -8.95. The molecule has 6 rings (SSSR count). The van der Waals surface area contributed by atoms with Crippen LogP contribution in [0.5, 0.6) is 11.8 Å². The quantitative estimate of drug-likeness (QED) is 0.0469. The number of carboxylic acids is 2. The Morgan fingerprint density at radius 3 is 2.34 bits per heavy atom. The first-order chi connectivity index (χ1) is 32.2. The lowest BCUT2D eigenvalue weighted by molar-refractivity contribution is -0.265. The van der Waals surface area contributed by atoms with Gasteiger partial charge in [0.05, 0.1) is 12.7 Å². The third kappa shape index (κ3) is 11.7. The van der Waals surface area contributed by atoms with Crippen molar-refractivity contribution in [3.05, 3.63) is 80.9 Å². The van der Waals surface area contributed by atoms with E-state index < -0.39 is 109 Å². The van der Waals surface area contributed by atoms with Crippen molar-refractivity contribution in [2.75, 3.05) is 19.0 Å². The molecule has 68 heavy (non-hydrogen) atoms. The molecule has 8 atom stereocenters. The highest BCUT2D eigenvalue weighted by Gasteiger charge is 2.47. The highest BCUT2D eigenvalue weighted by atomic mass is 16.6. The molecule has 1 fully saturated rings. The van der Waals surface area contributed by atoms with Crippen molar-refractivity contribution >= 4 is 58.2 Å². The van der Waals surface area contributed by atoms with E-state index in [4.69, 9.17) is 34.2 Å². The van der Waals surface area contributed by atoms with Gasteiger partial charge in [0.1, 0.15) is 66.2 Å². The van der Waals surface area contributed by atoms with Crippen molar-refractivity contribution in [1.82, 2.24) is 30.9 Å². The summed E-state index contributed by atoms with van der Waals surface area (Å²) in [4.78, 5) is 109. The van der Waals surface area contributed by atoms with Crippen molar-refractivity contribution in [3.63, 3.8) is 0 Å². The monoisotopic (exact) mass is 946 g/mol. The molecule has 5 unspecified atom stereocenters. The first-order valence-electron chi connectivity index (χ1n) is 20.6. The maximum absolute atomic E-state index is 13.2. The number of hydrogen-bond acceptors (Lipinski definition) is 18. The number of aliphatic carboxylic acids is 1. The highest BCUT2D eigenvalue weighted by molar-refractivity contribution is 6.08. The lowest BCUT2D eigenvalue weighted by atomic mass is 9.90. The number of hydrogen-bond donors (Lipinski definition) is 10. The second-order valence-electron chi connectivity index (χ2n) is 15.4. The Morgan fingerprint density at radius 2 is 1.66 bits per heavy atom. The Bertz CT molecular complexity index is 2830. The summed E-state index contributed by atoms with van der Waals surface area (Å²) >= 11 is 0. The first kappa shape index (κ1) is 49.4. The van der Waals surface area contributed by atoms with Gasteiger partial charge in [-0.3, -0.25) is 33.8 Å². The Hall–Kier alpha value is -8.00. The number of primary amides is 1. The van der Waals surface area contributed by atoms with Crippen LogP contribution >= 0.6 is 0 Å². The van der Waals surface area contributed by atoms with Crippen LogP contribution in [0.4, 0.5) is 11.6 Å². The summed E-state index contributed by atoms with van der Waals surface area (Å²) in [7, 11) is 1.47. The van der Waals surface area contributed by atoms with E-state index in [0.717, 1.165) is 6.92 Å². The van der Waals surface area contributed by atoms with Crippen LogP contribution in [0.1, 0.15) is 44.0 Å². The average Bonchev–Trinajstić information content (AvgIpc) is 3.27. The number of carbonyl (C=O) groups excluding carboxylic acids is 4. The topological polar surface area (TPSA) is 383 Å². The van der Waals surface area contributed by atoms with E-state index in [1.165, 1.54) is 57.4 Å². The fourth-order valence-corrected chi connectivity index (χ4v) is 7.23. The number of fused-ring (bicyclic) bond motifs is 2. The number of ether oxygens (including phenoxy) is 4. The number of nitrogens with two attached hydrogens (primary N) is 1. The molecular weight excluding hydrogens is 901 g/mol. The third-order valence-corrected chi connectivity index (χ3v) is 10.5. The number of aromatic amines is 1. The molecule has 0 saturated carbocycles. The van der Waals surface area contributed by atoms with Gasteiger partial charge in [0.25, 0.3) is 0 Å². The van der Waals surface area contributed by atoms with Crippen LogP contribution < -0.4 is 47.6 Å². The highest BCUT2D eigenvalue weighted by Crippen LogP contribution is 2.42. The van der Waals surface area contributed by atoms with Crippen LogP contribution in [0.15, 0.2) is 68.6 Å². The zero-order valence-electron chi connectivity index (χ0n) is 36.5. The Balaban J connectivity index is 1.17. The first-order valence-corrected chi connectivity index (χ1v) is 20.6. The van der Waals surface area contributed by atoms with Crippen molar-refractivity contribution in [3.8, 4) is 34.2 Å². The number of carbonyl (C=O) groups is 6. The van der Waals surface area contributed by atoms with Gasteiger partial charge in [0.2, 0.25) is 29.6 Å². The molecule has 0 bridgehead atoms. The molecule has 1 saturated heterocycles. The molecule has 11 N–H and O–H groups in total. The number of anilines is 2. The van der Waals surface area contributed by atoms with Gasteiger partial charge in [-0.1, -0.05) is 6.07 Å². The van der Waals surface area contributed by atoms with Crippen LogP contribution in [-0.4, -0.2) is 133 Å². The Labute approximate surface area is 383 Å².